The predicted molar refractivity (Wildman–Crippen MR) is 104 cm³/mol. The Hall–Kier alpha value is -3.10. The lowest BCUT2D eigenvalue weighted by Crippen LogP contribution is -2.10. The van der Waals surface area contributed by atoms with Crippen molar-refractivity contribution in [3.05, 3.63) is 70.8 Å². The average Bonchev–Trinajstić information content (AvgIpc) is 3.39. The number of carbonyl (C=O) groups excluding carboxylic acids is 1. The average molecular weight is 413 g/mol. The Kier molecular flexibility index (Phi) is 5.14. The van der Waals surface area contributed by atoms with Crippen LogP contribution in [0.25, 0.3) is 22.0 Å². The van der Waals surface area contributed by atoms with Gasteiger partial charge in [-0.2, -0.15) is 4.98 Å². The second-order valence-electron chi connectivity index (χ2n) is 5.79. The minimum Gasteiger partial charge on any atom is -0.448 e. The molecule has 3 aromatic heterocycles. The van der Waals surface area contributed by atoms with Crippen LogP contribution < -0.4 is 0 Å². The third kappa shape index (κ3) is 3.92. The molecular weight excluding hydrogens is 400 g/mol. The fraction of sp³-hybridized carbons (Fsp3) is 0.105. The number of ether oxygens (including phenoxy) is 1. The Morgan fingerprint density at radius 3 is 2.75 bits per heavy atom. The number of hydrogen-bond donors (Lipinski definition) is 0. The molecule has 0 saturated carbocycles. The highest BCUT2D eigenvalue weighted by Gasteiger charge is 2.22. The van der Waals surface area contributed by atoms with Gasteiger partial charge in [0.05, 0.1) is 0 Å². The predicted octanol–water partition coefficient (Wildman–Crippen LogP) is 4.83. The van der Waals surface area contributed by atoms with Crippen LogP contribution in [0.3, 0.4) is 0 Å². The largest absolute Gasteiger partial charge is 0.448 e. The van der Waals surface area contributed by atoms with Crippen LogP contribution in [0.5, 0.6) is 0 Å². The summed E-state index contributed by atoms with van der Waals surface area (Å²) < 4.78 is 10.6. The Labute approximate surface area is 169 Å². The first-order valence-electron chi connectivity index (χ1n) is 8.26. The topological polar surface area (TPSA) is 91.0 Å². The molecule has 3 heterocycles. The fourth-order valence-corrected chi connectivity index (χ4v) is 3.30. The number of hydrogen-bond acceptors (Lipinski definition) is 8. The highest BCUT2D eigenvalue weighted by Crippen LogP contribution is 2.26. The van der Waals surface area contributed by atoms with Crippen LogP contribution in [-0.4, -0.2) is 26.1 Å². The SMILES string of the molecule is CC(OC(=O)c1csc(-c2ccc(Cl)cc2)n1)c1nc(-c2cccnc2)no1. The van der Waals surface area contributed by atoms with Crippen molar-refractivity contribution in [3.8, 4) is 22.0 Å². The van der Waals surface area contributed by atoms with Gasteiger partial charge in [0.1, 0.15) is 5.01 Å². The van der Waals surface area contributed by atoms with Gasteiger partial charge < -0.3 is 9.26 Å². The molecule has 0 radical (unpaired) electrons. The molecule has 0 bridgehead atoms. The van der Waals surface area contributed by atoms with Crippen LogP contribution in [0.1, 0.15) is 29.4 Å². The summed E-state index contributed by atoms with van der Waals surface area (Å²) in [6, 6.07) is 10.8. The quantitative estimate of drug-likeness (QED) is 0.433. The number of halogens is 1. The second kappa shape index (κ2) is 7.87. The summed E-state index contributed by atoms with van der Waals surface area (Å²) in [7, 11) is 0. The first kappa shape index (κ1) is 18.3. The van der Waals surface area contributed by atoms with Crippen LogP contribution in [0, 0.1) is 0 Å². The maximum absolute atomic E-state index is 12.4. The molecule has 9 heteroatoms. The second-order valence-corrected chi connectivity index (χ2v) is 7.08. The summed E-state index contributed by atoms with van der Waals surface area (Å²) in [6.45, 7) is 1.66. The molecule has 28 heavy (non-hydrogen) atoms. The number of thiazole rings is 1. The van der Waals surface area contributed by atoms with Crippen LogP contribution in [0.2, 0.25) is 5.02 Å². The lowest BCUT2D eigenvalue weighted by atomic mass is 10.2. The lowest BCUT2D eigenvalue weighted by molar-refractivity contribution is 0.0259. The normalized spacial score (nSPS) is 11.9. The third-order valence-corrected chi connectivity index (χ3v) is 4.94. The van der Waals surface area contributed by atoms with E-state index in [-0.39, 0.29) is 11.6 Å². The number of carbonyl (C=O) groups is 1. The van der Waals surface area contributed by atoms with Crippen molar-refractivity contribution >= 4 is 28.9 Å². The minimum atomic E-state index is -0.717. The molecule has 7 nitrogen and oxygen atoms in total. The van der Waals surface area contributed by atoms with Gasteiger partial charge in [0.15, 0.2) is 11.8 Å². The van der Waals surface area contributed by atoms with Crippen LogP contribution in [-0.2, 0) is 4.74 Å². The van der Waals surface area contributed by atoms with Gasteiger partial charge in [0.2, 0.25) is 5.82 Å². The maximum Gasteiger partial charge on any atom is 0.358 e. The van der Waals surface area contributed by atoms with E-state index in [1.165, 1.54) is 11.3 Å². The zero-order valence-corrected chi connectivity index (χ0v) is 16.1. The van der Waals surface area contributed by atoms with Gasteiger partial charge in [0, 0.05) is 33.9 Å². The lowest BCUT2D eigenvalue weighted by Gasteiger charge is -2.07. The van der Waals surface area contributed by atoms with Crippen LogP contribution in [0.4, 0.5) is 0 Å². The third-order valence-electron chi connectivity index (χ3n) is 3.80. The summed E-state index contributed by atoms with van der Waals surface area (Å²) in [6.07, 6.45) is 2.56. The Bertz CT molecular complexity index is 1100. The molecule has 0 spiro atoms. The zero-order valence-electron chi connectivity index (χ0n) is 14.6. The van der Waals surface area contributed by atoms with E-state index < -0.39 is 12.1 Å². The first-order valence-corrected chi connectivity index (χ1v) is 9.52. The van der Waals surface area contributed by atoms with Crippen molar-refractivity contribution in [3.63, 3.8) is 0 Å². The molecule has 1 atom stereocenters. The van der Waals surface area contributed by atoms with Gasteiger partial charge in [-0.25, -0.2) is 9.78 Å². The Balaban J connectivity index is 1.45. The number of pyridine rings is 1. The van der Waals surface area contributed by atoms with Gasteiger partial charge >= 0.3 is 5.97 Å². The number of benzene rings is 1. The van der Waals surface area contributed by atoms with E-state index >= 15 is 0 Å². The van der Waals surface area contributed by atoms with E-state index in [0.717, 1.165) is 5.56 Å². The van der Waals surface area contributed by atoms with E-state index in [2.05, 4.69) is 20.1 Å². The van der Waals surface area contributed by atoms with Gasteiger partial charge in [-0.1, -0.05) is 28.9 Å². The number of nitrogens with zero attached hydrogens (tertiary/aromatic N) is 4. The van der Waals surface area contributed by atoms with Crippen LogP contribution in [0.15, 0.2) is 58.7 Å². The zero-order chi connectivity index (χ0) is 19.5. The number of esters is 1. The summed E-state index contributed by atoms with van der Waals surface area (Å²) in [4.78, 5) is 25.0. The molecule has 0 aliphatic carbocycles. The first-order chi connectivity index (χ1) is 13.6. The van der Waals surface area contributed by atoms with Crippen molar-refractivity contribution in [2.45, 2.75) is 13.0 Å². The van der Waals surface area contributed by atoms with Gasteiger partial charge in [-0.3, -0.25) is 4.98 Å². The summed E-state index contributed by atoms with van der Waals surface area (Å²) in [5.74, 6) is 0.00938. The highest BCUT2D eigenvalue weighted by molar-refractivity contribution is 7.13. The molecule has 0 saturated heterocycles. The summed E-state index contributed by atoms with van der Waals surface area (Å²) in [5.41, 5.74) is 1.80. The van der Waals surface area contributed by atoms with Crippen molar-refractivity contribution in [1.29, 1.82) is 0 Å². The van der Waals surface area contributed by atoms with Gasteiger partial charge in [0.25, 0.3) is 5.89 Å². The fourth-order valence-electron chi connectivity index (χ4n) is 2.38. The van der Waals surface area contributed by atoms with Crippen LogP contribution >= 0.6 is 22.9 Å². The van der Waals surface area contributed by atoms with Crippen molar-refractivity contribution in [1.82, 2.24) is 20.1 Å². The molecule has 1 aromatic carbocycles. The molecule has 0 fully saturated rings. The molecular formula is C19H13ClN4O3S. The molecule has 0 amide bonds. The summed E-state index contributed by atoms with van der Waals surface area (Å²) >= 11 is 7.24. The standard InChI is InChI=1S/C19H13ClN4O3S/c1-11(17-23-16(24-27-17)13-3-2-8-21-9-13)26-19(25)15-10-28-18(22-15)12-4-6-14(20)7-5-12/h2-11H,1H3. The van der Waals surface area contributed by atoms with Crippen molar-refractivity contribution in [2.75, 3.05) is 0 Å². The highest BCUT2D eigenvalue weighted by atomic mass is 35.5. The van der Waals surface area contributed by atoms with E-state index in [0.29, 0.717) is 21.4 Å². The maximum atomic E-state index is 12.4. The molecule has 140 valence electrons. The molecule has 4 rings (SSSR count). The van der Waals surface area contributed by atoms with E-state index in [1.54, 1.807) is 42.9 Å². The molecule has 1 unspecified atom stereocenters. The van der Waals surface area contributed by atoms with Crippen molar-refractivity contribution < 1.29 is 14.1 Å². The monoisotopic (exact) mass is 412 g/mol. The smallest absolute Gasteiger partial charge is 0.358 e. The Morgan fingerprint density at radius 2 is 2.00 bits per heavy atom. The number of aromatic nitrogens is 4. The van der Waals surface area contributed by atoms with E-state index in [9.17, 15) is 4.79 Å². The number of rotatable bonds is 5. The van der Waals surface area contributed by atoms with E-state index in [1.807, 2.05) is 18.2 Å². The Morgan fingerprint density at radius 1 is 1.18 bits per heavy atom. The summed E-state index contributed by atoms with van der Waals surface area (Å²) in [5, 5.41) is 6.88. The molecule has 4 aromatic rings. The van der Waals surface area contributed by atoms with Gasteiger partial charge in [-0.05, 0) is 31.2 Å². The van der Waals surface area contributed by atoms with E-state index in [4.69, 9.17) is 20.9 Å². The van der Waals surface area contributed by atoms with Gasteiger partial charge in [-0.15, -0.1) is 11.3 Å². The molecule has 0 aliphatic heterocycles. The molecule has 0 N–H and O–H groups in total. The minimum absolute atomic E-state index is 0.195. The molecule has 0 aliphatic rings. The van der Waals surface area contributed by atoms with Crippen molar-refractivity contribution in [2.24, 2.45) is 0 Å².